The largest absolute Gasteiger partial charge is 0.491 e. The van der Waals surface area contributed by atoms with Crippen LogP contribution < -0.4 is 10.1 Å². The van der Waals surface area contributed by atoms with Crippen molar-refractivity contribution in [1.82, 2.24) is 4.90 Å². The van der Waals surface area contributed by atoms with Gasteiger partial charge in [0.2, 0.25) is 0 Å². The van der Waals surface area contributed by atoms with Crippen molar-refractivity contribution in [2.75, 3.05) is 18.5 Å². The highest BCUT2D eigenvalue weighted by molar-refractivity contribution is 5.94. The molecule has 5 aliphatic rings. The van der Waals surface area contributed by atoms with Crippen LogP contribution in [0.4, 0.5) is 5.69 Å². The number of hydrogen-bond acceptors (Lipinski definition) is 4. The molecular weight excluding hydrogens is 484 g/mol. The van der Waals surface area contributed by atoms with E-state index < -0.39 is 0 Å². The van der Waals surface area contributed by atoms with Crippen molar-refractivity contribution in [3.63, 3.8) is 0 Å². The zero-order valence-corrected chi connectivity index (χ0v) is 23.2. The Hall–Kier alpha value is -2.97. The van der Waals surface area contributed by atoms with E-state index in [9.17, 15) is 9.90 Å². The molecule has 1 aliphatic heterocycles. The van der Waals surface area contributed by atoms with Gasteiger partial charge in [-0.2, -0.15) is 0 Å². The minimum Gasteiger partial charge on any atom is -0.491 e. The average molecular weight is 527 g/mol. The van der Waals surface area contributed by atoms with Crippen molar-refractivity contribution in [2.45, 2.75) is 88.8 Å². The Labute approximate surface area is 233 Å². The molecule has 4 fully saturated rings. The Morgan fingerprint density at radius 2 is 1.79 bits per heavy atom. The molecule has 39 heavy (non-hydrogen) atoms. The zero-order valence-electron chi connectivity index (χ0n) is 23.2. The number of amides is 1. The first-order chi connectivity index (χ1) is 19.0. The number of hydrogen-bond donors (Lipinski definition) is 2. The molecule has 206 valence electrons. The van der Waals surface area contributed by atoms with Crippen LogP contribution >= 0.6 is 0 Å². The number of unbranched alkanes of at least 4 members (excludes halogenated alkanes) is 1. The number of terminal acetylenes is 1. The zero-order chi connectivity index (χ0) is 27.0. The third kappa shape index (κ3) is 5.16. The SMILES string of the molecule is C#CC(=O)N1[C@@H](CCCC)Cc2cc(OCCO)ccc2[C@@H]1c1ccc(NC23CC4CC(CC(C4)C2)C3)cc1. The van der Waals surface area contributed by atoms with E-state index in [1.54, 1.807) is 0 Å². The summed E-state index contributed by atoms with van der Waals surface area (Å²) in [6, 6.07) is 14.7. The van der Waals surface area contributed by atoms with Crippen LogP contribution in [0, 0.1) is 30.1 Å². The molecule has 1 heterocycles. The van der Waals surface area contributed by atoms with Gasteiger partial charge in [0.15, 0.2) is 0 Å². The Balaban J connectivity index is 1.31. The maximum absolute atomic E-state index is 13.2. The number of aliphatic hydroxyl groups excluding tert-OH is 1. The summed E-state index contributed by atoms with van der Waals surface area (Å²) in [5.41, 5.74) is 4.82. The predicted octanol–water partition coefficient (Wildman–Crippen LogP) is 6.10. The summed E-state index contributed by atoms with van der Waals surface area (Å²) in [5.74, 6) is 5.63. The molecule has 0 aromatic heterocycles. The minimum absolute atomic E-state index is 0.0209. The summed E-state index contributed by atoms with van der Waals surface area (Å²) >= 11 is 0. The van der Waals surface area contributed by atoms with Crippen molar-refractivity contribution in [1.29, 1.82) is 0 Å². The van der Waals surface area contributed by atoms with E-state index in [1.807, 2.05) is 11.0 Å². The fourth-order valence-corrected chi connectivity index (χ4v) is 8.69. The van der Waals surface area contributed by atoms with Gasteiger partial charge < -0.3 is 20.1 Å². The summed E-state index contributed by atoms with van der Waals surface area (Å²) in [6.07, 6.45) is 17.7. The maximum atomic E-state index is 13.2. The van der Waals surface area contributed by atoms with Gasteiger partial charge in [0.05, 0.1) is 12.6 Å². The molecule has 0 unspecified atom stereocenters. The lowest BCUT2D eigenvalue weighted by molar-refractivity contribution is -0.130. The lowest BCUT2D eigenvalue weighted by Crippen LogP contribution is -2.54. The summed E-state index contributed by atoms with van der Waals surface area (Å²) in [6.45, 7) is 2.42. The van der Waals surface area contributed by atoms with E-state index in [-0.39, 0.29) is 36.7 Å². The van der Waals surface area contributed by atoms with Crippen LogP contribution in [-0.4, -0.2) is 40.7 Å². The van der Waals surface area contributed by atoms with Gasteiger partial charge in [-0.05, 0) is 116 Å². The standard InChI is InChI=1S/C34H42N2O3/c1-3-5-6-29-18-27-19-30(39-14-13-37)11-12-31(27)33(36(29)32(38)4-2)26-7-9-28(10-8-26)35-34-20-23-15-24(21-34)17-25(16-23)22-34/h2,7-12,19,23-25,29,33,35,37H,3,5-6,13-18,20-22H2,1H3/t23?,24?,25?,29-,33-,34?/m0/s1. The molecule has 2 aromatic carbocycles. The second-order valence-corrected chi connectivity index (χ2v) is 12.6. The van der Waals surface area contributed by atoms with Gasteiger partial charge in [0.25, 0.3) is 5.91 Å². The van der Waals surface area contributed by atoms with Crippen LogP contribution in [0.2, 0.25) is 0 Å². The van der Waals surface area contributed by atoms with Crippen molar-refractivity contribution in [2.24, 2.45) is 17.8 Å². The lowest BCUT2D eigenvalue weighted by atomic mass is 9.53. The number of carbonyl (C=O) groups excluding carboxylic acids is 1. The number of nitrogens with one attached hydrogen (secondary N) is 1. The van der Waals surface area contributed by atoms with E-state index in [2.05, 4.69) is 54.6 Å². The van der Waals surface area contributed by atoms with Crippen LogP contribution in [0.3, 0.4) is 0 Å². The first kappa shape index (κ1) is 26.3. The number of anilines is 1. The Kier molecular flexibility index (Phi) is 7.33. The van der Waals surface area contributed by atoms with Crippen LogP contribution in [0.15, 0.2) is 42.5 Å². The molecule has 2 N–H and O–H groups in total. The second-order valence-electron chi connectivity index (χ2n) is 12.6. The summed E-state index contributed by atoms with van der Waals surface area (Å²) in [5, 5.41) is 13.2. The molecule has 4 saturated carbocycles. The quantitative estimate of drug-likeness (QED) is 0.388. The molecule has 5 nitrogen and oxygen atoms in total. The van der Waals surface area contributed by atoms with Crippen molar-refractivity contribution >= 4 is 11.6 Å². The molecular formula is C34H42N2O3. The van der Waals surface area contributed by atoms with Gasteiger partial charge in [0, 0.05) is 17.3 Å². The van der Waals surface area contributed by atoms with E-state index in [1.165, 1.54) is 49.8 Å². The third-order valence-corrected chi connectivity index (χ3v) is 9.82. The minimum atomic E-state index is -0.247. The van der Waals surface area contributed by atoms with Crippen molar-refractivity contribution in [3.8, 4) is 18.1 Å². The number of ether oxygens (including phenoxy) is 1. The van der Waals surface area contributed by atoms with E-state index >= 15 is 0 Å². The Morgan fingerprint density at radius 3 is 2.41 bits per heavy atom. The number of rotatable bonds is 9. The number of aliphatic hydroxyl groups is 1. The normalized spacial score (nSPS) is 30.5. The summed E-state index contributed by atoms with van der Waals surface area (Å²) < 4.78 is 5.73. The molecule has 2 aromatic rings. The van der Waals surface area contributed by atoms with Gasteiger partial charge in [-0.25, -0.2) is 0 Å². The van der Waals surface area contributed by atoms with Crippen molar-refractivity contribution < 1.29 is 14.6 Å². The topological polar surface area (TPSA) is 61.8 Å². The fraction of sp³-hybridized carbons (Fsp3) is 0.559. The highest BCUT2D eigenvalue weighted by Gasteiger charge is 2.51. The number of fused-ring (bicyclic) bond motifs is 1. The lowest BCUT2D eigenvalue weighted by Gasteiger charge is -2.57. The molecule has 0 radical (unpaired) electrons. The molecule has 4 aliphatic carbocycles. The molecule has 5 heteroatoms. The number of nitrogens with zero attached hydrogens (tertiary/aromatic N) is 1. The fourth-order valence-electron chi connectivity index (χ4n) is 8.69. The highest BCUT2D eigenvalue weighted by atomic mass is 16.5. The van der Waals surface area contributed by atoms with E-state index in [0.29, 0.717) is 0 Å². The molecule has 2 atom stereocenters. The third-order valence-electron chi connectivity index (χ3n) is 9.82. The monoisotopic (exact) mass is 526 g/mol. The highest BCUT2D eigenvalue weighted by Crippen LogP contribution is 2.56. The maximum Gasteiger partial charge on any atom is 0.299 e. The van der Waals surface area contributed by atoms with Crippen LogP contribution in [0.25, 0.3) is 0 Å². The number of carbonyl (C=O) groups is 1. The Morgan fingerprint density at radius 1 is 1.10 bits per heavy atom. The first-order valence-corrected chi connectivity index (χ1v) is 15.0. The first-order valence-electron chi connectivity index (χ1n) is 15.0. The number of benzene rings is 2. The van der Waals surface area contributed by atoms with E-state index in [4.69, 9.17) is 11.2 Å². The van der Waals surface area contributed by atoms with E-state index in [0.717, 1.165) is 60.3 Å². The molecule has 4 bridgehead atoms. The molecule has 1 amide bonds. The average Bonchev–Trinajstić information content (AvgIpc) is 2.93. The van der Waals surface area contributed by atoms with Crippen LogP contribution in [0.5, 0.6) is 5.75 Å². The Bertz CT molecular complexity index is 1190. The molecule has 0 saturated heterocycles. The van der Waals surface area contributed by atoms with Crippen molar-refractivity contribution in [3.05, 3.63) is 59.2 Å². The second kappa shape index (κ2) is 10.9. The van der Waals surface area contributed by atoms with Gasteiger partial charge in [-0.3, -0.25) is 4.79 Å². The van der Waals surface area contributed by atoms with Crippen LogP contribution in [0.1, 0.15) is 87.4 Å². The van der Waals surface area contributed by atoms with Gasteiger partial charge in [0.1, 0.15) is 12.4 Å². The summed E-state index contributed by atoms with van der Waals surface area (Å²) in [7, 11) is 0. The smallest absolute Gasteiger partial charge is 0.299 e. The predicted molar refractivity (Wildman–Crippen MR) is 155 cm³/mol. The summed E-state index contributed by atoms with van der Waals surface area (Å²) in [4.78, 5) is 15.2. The molecule has 7 rings (SSSR count). The van der Waals surface area contributed by atoms with Gasteiger partial charge in [-0.15, -0.1) is 6.42 Å². The van der Waals surface area contributed by atoms with Gasteiger partial charge in [-0.1, -0.05) is 38.0 Å². The van der Waals surface area contributed by atoms with Crippen LogP contribution in [-0.2, 0) is 11.2 Å². The molecule has 0 spiro atoms. The van der Waals surface area contributed by atoms with Gasteiger partial charge >= 0.3 is 0 Å².